The number of carboxylic acids is 1. The summed E-state index contributed by atoms with van der Waals surface area (Å²) in [6, 6.07) is -0.796. The van der Waals surface area contributed by atoms with Crippen LogP contribution in [0.1, 0.15) is 38.5 Å². The zero-order chi connectivity index (χ0) is 15.2. The molecule has 4 nitrogen and oxygen atoms in total. The molecule has 3 aliphatic rings. The molecule has 0 aromatic carbocycles. The molecular weight excluding hydrogens is 300 g/mol. The van der Waals surface area contributed by atoms with Crippen LogP contribution in [0, 0.1) is 11.8 Å². The summed E-state index contributed by atoms with van der Waals surface area (Å²) in [5.41, 5.74) is 0. The minimum Gasteiger partial charge on any atom is -0.480 e. The van der Waals surface area contributed by atoms with Gasteiger partial charge in [-0.25, -0.2) is 13.6 Å². The van der Waals surface area contributed by atoms with Gasteiger partial charge in [-0.1, -0.05) is 0 Å². The van der Waals surface area contributed by atoms with Crippen molar-refractivity contribution in [1.29, 1.82) is 0 Å². The van der Waals surface area contributed by atoms with E-state index in [-0.39, 0.29) is 37.0 Å². The number of carboxylic acid groups (broad SMARTS) is 1. The van der Waals surface area contributed by atoms with Gasteiger partial charge in [0, 0.05) is 24.5 Å². The number of rotatable bonds is 3. The average molecular weight is 319 g/mol. The van der Waals surface area contributed by atoms with E-state index in [1.807, 2.05) is 0 Å². The van der Waals surface area contributed by atoms with Gasteiger partial charge in [0.1, 0.15) is 6.04 Å². The number of hydrogen-bond donors (Lipinski definition) is 1. The van der Waals surface area contributed by atoms with Gasteiger partial charge in [0.25, 0.3) is 0 Å². The van der Waals surface area contributed by atoms with Crippen molar-refractivity contribution in [3.63, 3.8) is 0 Å². The number of nitrogens with zero attached hydrogens (tertiary/aromatic N) is 1. The molecule has 21 heavy (non-hydrogen) atoms. The molecule has 1 amide bonds. The lowest BCUT2D eigenvalue weighted by Crippen LogP contribution is -2.49. The van der Waals surface area contributed by atoms with Gasteiger partial charge in [-0.15, -0.1) is 11.8 Å². The zero-order valence-electron chi connectivity index (χ0n) is 11.6. The molecule has 1 N–H and O–H groups in total. The van der Waals surface area contributed by atoms with Crippen LogP contribution in [0.15, 0.2) is 0 Å². The van der Waals surface area contributed by atoms with E-state index in [0.29, 0.717) is 11.7 Å². The summed E-state index contributed by atoms with van der Waals surface area (Å²) in [5, 5.41) is 9.24. The quantitative estimate of drug-likeness (QED) is 0.868. The van der Waals surface area contributed by atoms with Gasteiger partial charge in [-0.2, -0.15) is 0 Å². The third kappa shape index (κ3) is 3.03. The maximum Gasteiger partial charge on any atom is 0.327 e. The molecule has 1 saturated heterocycles. The number of halogens is 2. The summed E-state index contributed by atoms with van der Waals surface area (Å²) < 4.78 is 26.4. The van der Waals surface area contributed by atoms with Crippen molar-refractivity contribution in [1.82, 2.24) is 4.90 Å². The fraction of sp³-hybridized carbons (Fsp3) is 0.857. The summed E-state index contributed by atoms with van der Waals surface area (Å²) >= 11 is 1.53. The molecule has 0 bridgehead atoms. The first-order chi connectivity index (χ1) is 9.89. The number of carbonyl (C=O) groups is 2. The van der Waals surface area contributed by atoms with E-state index in [1.165, 1.54) is 16.7 Å². The summed E-state index contributed by atoms with van der Waals surface area (Å²) in [6.45, 7) is 0. The second-order valence-electron chi connectivity index (χ2n) is 6.29. The van der Waals surface area contributed by atoms with Crippen LogP contribution in [0.2, 0.25) is 0 Å². The first-order valence-corrected chi connectivity index (χ1v) is 8.48. The molecular formula is C14H19F2NO3S. The van der Waals surface area contributed by atoms with Crippen LogP contribution >= 0.6 is 11.8 Å². The van der Waals surface area contributed by atoms with Gasteiger partial charge in [0.05, 0.1) is 5.37 Å². The van der Waals surface area contributed by atoms with E-state index in [4.69, 9.17) is 0 Å². The molecule has 3 rings (SSSR count). The fourth-order valence-electron chi connectivity index (χ4n) is 3.24. The van der Waals surface area contributed by atoms with E-state index in [2.05, 4.69) is 0 Å². The Morgan fingerprint density at radius 1 is 1.14 bits per heavy atom. The largest absolute Gasteiger partial charge is 0.480 e. The minimum atomic E-state index is -2.67. The van der Waals surface area contributed by atoms with Gasteiger partial charge in [0.15, 0.2) is 0 Å². The fourth-order valence-corrected chi connectivity index (χ4v) is 4.88. The highest BCUT2D eigenvalue weighted by Crippen LogP contribution is 2.47. The highest BCUT2D eigenvalue weighted by atomic mass is 32.2. The number of thioether (sulfide) groups is 1. The van der Waals surface area contributed by atoms with Crippen LogP contribution in [-0.2, 0) is 9.59 Å². The Morgan fingerprint density at radius 2 is 1.76 bits per heavy atom. The SMILES string of the molecule is O=C(O)C1CSC(C2CC2)N1C(=O)C1CCC(F)(F)CC1. The first-order valence-electron chi connectivity index (χ1n) is 7.43. The van der Waals surface area contributed by atoms with E-state index < -0.39 is 23.9 Å². The lowest BCUT2D eigenvalue weighted by atomic mass is 9.85. The summed E-state index contributed by atoms with van der Waals surface area (Å²) in [4.78, 5) is 25.5. The van der Waals surface area contributed by atoms with Crippen molar-refractivity contribution >= 4 is 23.6 Å². The molecule has 0 aromatic rings. The Balaban J connectivity index is 1.72. The van der Waals surface area contributed by atoms with Crippen molar-refractivity contribution in [3.8, 4) is 0 Å². The van der Waals surface area contributed by atoms with Gasteiger partial charge >= 0.3 is 5.97 Å². The number of alkyl halides is 2. The molecule has 2 atom stereocenters. The van der Waals surface area contributed by atoms with Crippen LogP contribution in [0.25, 0.3) is 0 Å². The van der Waals surface area contributed by atoms with Crippen molar-refractivity contribution in [3.05, 3.63) is 0 Å². The monoisotopic (exact) mass is 319 g/mol. The Bertz CT molecular complexity index is 446. The average Bonchev–Trinajstić information content (AvgIpc) is 3.16. The smallest absolute Gasteiger partial charge is 0.327 e. The van der Waals surface area contributed by atoms with Gasteiger partial charge in [-0.05, 0) is 31.6 Å². The van der Waals surface area contributed by atoms with Crippen LogP contribution in [0.4, 0.5) is 8.78 Å². The lowest BCUT2D eigenvalue weighted by Gasteiger charge is -2.34. The third-order valence-corrected chi connectivity index (χ3v) is 6.13. The first kappa shape index (κ1) is 15.1. The summed E-state index contributed by atoms with van der Waals surface area (Å²) in [7, 11) is 0. The maximum atomic E-state index is 13.2. The predicted molar refractivity (Wildman–Crippen MR) is 74.1 cm³/mol. The van der Waals surface area contributed by atoms with Crippen molar-refractivity contribution < 1.29 is 23.5 Å². The normalized spacial score (nSPS) is 33.1. The molecule has 2 aliphatic carbocycles. The topological polar surface area (TPSA) is 57.6 Å². The Hall–Kier alpha value is -0.850. The molecule has 1 heterocycles. The third-order valence-electron chi connectivity index (χ3n) is 4.67. The lowest BCUT2D eigenvalue weighted by molar-refractivity contribution is -0.153. The highest BCUT2D eigenvalue weighted by molar-refractivity contribution is 8.00. The van der Waals surface area contributed by atoms with Crippen LogP contribution in [0.3, 0.4) is 0 Å². The number of carbonyl (C=O) groups excluding carboxylic acids is 1. The summed E-state index contributed by atoms with van der Waals surface area (Å²) in [6.07, 6.45) is 1.84. The number of hydrogen-bond acceptors (Lipinski definition) is 3. The Kier molecular flexibility index (Phi) is 3.88. The predicted octanol–water partition coefficient (Wildman–Crippen LogP) is 2.58. The molecule has 0 aromatic heterocycles. The van der Waals surface area contributed by atoms with Gasteiger partial charge < -0.3 is 10.0 Å². The maximum absolute atomic E-state index is 13.2. The number of aliphatic carboxylic acids is 1. The molecule has 118 valence electrons. The number of amides is 1. The van der Waals surface area contributed by atoms with E-state index >= 15 is 0 Å². The Labute approximate surface area is 126 Å². The van der Waals surface area contributed by atoms with Crippen LogP contribution < -0.4 is 0 Å². The van der Waals surface area contributed by atoms with E-state index in [0.717, 1.165) is 12.8 Å². The second-order valence-corrected chi connectivity index (χ2v) is 7.44. The zero-order valence-corrected chi connectivity index (χ0v) is 12.5. The minimum absolute atomic E-state index is 0.0685. The van der Waals surface area contributed by atoms with Crippen molar-refractivity contribution in [2.24, 2.45) is 11.8 Å². The highest BCUT2D eigenvalue weighted by Gasteiger charge is 2.50. The molecule has 2 unspecified atom stereocenters. The summed E-state index contributed by atoms with van der Waals surface area (Å²) in [5.74, 6) is -3.52. The van der Waals surface area contributed by atoms with Gasteiger partial charge in [-0.3, -0.25) is 4.79 Å². The Morgan fingerprint density at radius 3 is 2.29 bits per heavy atom. The van der Waals surface area contributed by atoms with Crippen LogP contribution in [-0.4, -0.2) is 45.0 Å². The van der Waals surface area contributed by atoms with Crippen molar-refractivity contribution in [2.45, 2.75) is 55.9 Å². The van der Waals surface area contributed by atoms with E-state index in [9.17, 15) is 23.5 Å². The molecule has 3 fully saturated rings. The van der Waals surface area contributed by atoms with Crippen molar-refractivity contribution in [2.75, 3.05) is 5.75 Å². The van der Waals surface area contributed by atoms with Crippen LogP contribution in [0.5, 0.6) is 0 Å². The molecule has 1 aliphatic heterocycles. The molecule has 2 saturated carbocycles. The molecule has 0 spiro atoms. The van der Waals surface area contributed by atoms with Gasteiger partial charge in [0.2, 0.25) is 11.8 Å². The van der Waals surface area contributed by atoms with E-state index in [1.54, 1.807) is 0 Å². The molecule has 0 radical (unpaired) electrons. The molecule has 7 heteroatoms. The standard InChI is InChI=1S/C14H19F2NO3S/c15-14(16)5-3-8(4-6-14)11(18)17-10(13(19)20)7-21-12(17)9-1-2-9/h8-10,12H,1-7H2,(H,19,20). The second kappa shape index (κ2) is 5.41.